The third-order valence-corrected chi connectivity index (χ3v) is 5.23. The van der Waals surface area contributed by atoms with Gasteiger partial charge >= 0.3 is 0 Å². The van der Waals surface area contributed by atoms with Crippen LogP contribution in [0.5, 0.6) is 0 Å². The Labute approximate surface area is 159 Å². The zero-order chi connectivity index (χ0) is 19.6. The van der Waals surface area contributed by atoms with Crippen molar-refractivity contribution in [2.45, 2.75) is 109 Å². The van der Waals surface area contributed by atoms with Crippen LogP contribution in [0.2, 0.25) is 0 Å². The number of aliphatic hydroxyl groups is 4. The molecule has 1 aliphatic heterocycles. The second kappa shape index (κ2) is 12.3. The van der Waals surface area contributed by atoms with E-state index in [2.05, 4.69) is 12.2 Å². The molecule has 5 N–H and O–H groups in total. The first kappa shape index (κ1) is 23.8. The van der Waals surface area contributed by atoms with Crippen LogP contribution in [0.1, 0.15) is 78.6 Å². The lowest BCUT2D eigenvalue weighted by Gasteiger charge is -2.48. The summed E-state index contributed by atoms with van der Waals surface area (Å²) in [7, 11) is 0. The van der Waals surface area contributed by atoms with Gasteiger partial charge in [0.1, 0.15) is 18.3 Å². The molecule has 1 fully saturated rings. The van der Waals surface area contributed by atoms with Gasteiger partial charge in [0.05, 0.1) is 12.6 Å². The molecule has 0 amide bonds. The van der Waals surface area contributed by atoms with Crippen LogP contribution in [0, 0.1) is 5.92 Å². The van der Waals surface area contributed by atoms with E-state index in [0.717, 1.165) is 19.3 Å². The maximum absolute atomic E-state index is 11.0. The fourth-order valence-electron chi connectivity index (χ4n) is 3.60. The Balaban J connectivity index is 2.54. The number of hydrogen-bond acceptors (Lipinski definition) is 6. The molecular weight excluding hydrogens is 334 g/mol. The minimum absolute atomic E-state index is 0.335. The average molecular weight is 376 g/mol. The number of nitrogens with one attached hydrogen (secondary N) is 1. The first-order chi connectivity index (χ1) is 12.4. The molecule has 0 radical (unpaired) electrons. The Bertz CT molecular complexity index is 368. The standard InChI is InChI=1S/C20H41NO5/c1-4-5-6-7-8-9-10-11-12-20(25)19(21-13-15(2)3)18(24)17(23)16(14-22)26-20/h15-19,21-25H,4-14H2,1-3H3/t16-,17+,18+,19-,20?/m1/s1. The molecule has 1 unspecified atom stereocenters. The summed E-state index contributed by atoms with van der Waals surface area (Å²) >= 11 is 0. The summed E-state index contributed by atoms with van der Waals surface area (Å²) in [5.41, 5.74) is 0. The Hall–Kier alpha value is -0.240. The van der Waals surface area contributed by atoms with Crippen molar-refractivity contribution in [3.63, 3.8) is 0 Å². The fraction of sp³-hybridized carbons (Fsp3) is 1.00. The van der Waals surface area contributed by atoms with Gasteiger partial charge in [0.2, 0.25) is 0 Å². The number of rotatable bonds is 13. The highest BCUT2D eigenvalue weighted by Crippen LogP contribution is 2.32. The van der Waals surface area contributed by atoms with E-state index in [0.29, 0.717) is 18.9 Å². The van der Waals surface area contributed by atoms with E-state index in [1.54, 1.807) is 0 Å². The molecule has 0 spiro atoms. The van der Waals surface area contributed by atoms with E-state index in [1.807, 2.05) is 13.8 Å². The Morgan fingerprint density at radius 1 is 0.962 bits per heavy atom. The van der Waals surface area contributed by atoms with Gasteiger partial charge in [0.15, 0.2) is 5.79 Å². The summed E-state index contributed by atoms with van der Waals surface area (Å²) in [4.78, 5) is 0. The summed E-state index contributed by atoms with van der Waals surface area (Å²) in [6.07, 6.45) is 6.18. The quantitative estimate of drug-likeness (QED) is 0.315. The monoisotopic (exact) mass is 375 g/mol. The number of aliphatic hydroxyl groups excluding tert-OH is 3. The van der Waals surface area contributed by atoms with Crippen molar-refractivity contribution in [2.75, 3.05) is 13.2 Å². The molecule has 5 atom stereocenters. The summed E-state index contributed by atoms with van der Waals surface area (Å²) in [6.45, 7) is 6.44. The molecule has 0 aliphatic carbocycles. The highest BCUT2D eigenvalue weighted by atomic mass is 16.6. The summed E-state index contributed by atoms with van der Waals surface area (Å²) < 4.78 is 5.64. The molecule has 6 heteroatoms. The van der Waals surface area contributed by atoms with Crippen LogP contribution in [0.3, 0.4) is 0 Å². The molecule has 0 saturated carbocycles. The molecule has 1 saturated heterocycles. The van der Waals surface area contributed by atoms with Gasteiger partial charge in [-0.3, -0.25) is 0 Å². The van der Waals surface area contributed by atoms with Crippen molar-refractivity contribution in [1.29, 1.82) is 0 Å². The van der Waals surface area contributed by atoms with E-state index in [1.165, 1.54) is 32.1 Å². The predicted molar refractivity (Wildman–Crippen MR) is 103 cm³/mol. The topological polar surface area (TPSA) is 102 Å². The van der Waals surface area contributed by atoms with Gasteiger partial charge in [-0.05, 0) is 18.9 Å². The van der Waals surface area contributed by atoms with Gasteiger partial charge < -0.3 is 30.5 Å². The second-order valence-electron chi connectivity index (χ2n) is 8.17. The molecular formula is C20H41NO5. The van der Waals surface area contributed by atoms with Crippen molar-refractivity contribution in [2.24, 2.45) is 5.92 Å². The van der Waals surface area contributed by atoms with Crippen LogP contribution < -0.4 is 5.32 Å². The second-order valence-corrected chi connectivity index (χ2v) is 8.17. The first-order valence-electron chi connectivity index (χ1n) is 10.5. The molecule has 26 heavy (non-hydrogen) atoms. The highest BCUT2D eigenvalue weighted by molar-refractivity contribution is 5.00. The van der Waals surface area contributed by atoms with Crippen LogP contribution in [0.4, 0.5) is 0 Å². The molecule has 1 heterocycles. The molecule has 0 aromatic rings. The van der Waals surface area contributed by atoms with Gasteiger partial charge in [0.25, 0.3) is 0 Å². The molecule has 0 aromatic carbocycles. The van der Waals surface area contributed by atoms with E-state index < -0.39 is 36.7 Å². The van der Waals surface area contributed by atoms with Crippen molar-refractivity contribution < 1.29 is 25.2 Å². The third-order valence-electron chi connectivity index (χ3n) is 5.23. The van der Waals surface area contributed by atoms with E-state index in [4.69, 9.17) is 4.74 Å². The van der Waals surface area contributed by atoms with Crippen molar-refractivity contribution in [1.82, 2.24) is 5.32 Å². The first-order valence-corrected chi connectivity index (χ1v) is 10.5. The molecule has 156 valence electrons. The van der Waals surface area contributed by atoms with Crippen molar-refractivity contribution >= 4 is 0 Å². The fourth-order valence-corrected chi connectivity index (χ4v) is 3.60. The normalized spacial score (nSPS) is 32.3. The molecule has 1 rings (SSSR count). The third kappa shape index (κ3) is 7.41. The summed E-state index contributed by atoms with van der Waals surface area (Å²) in [5.74, 6) is -1.24. The largest absolute Gasteiger partial charge is 0.394 e. The van der Waals surface area contributed by atoms with Gasteiger partial charge in [-0.25, -0.2) is 0 Å². The lowest BCUT2D eigenvalue weighted by Crippen LogP contribution is -2.69. The molecule has 6 nitrogen and oxygen atoms in total. The lowest BCUT2D eigenvalue weighted by atomic mass is 9.86. The lowest BCUT2D eigenvalue weighted by molar-refractivity contribution is -0.322. The van der Waals surface area contributed by atoms with Gasteiger partial charge in [-0.1, -0.05) is 65.7 Å². The zero-order valence-electron chi connectivity index (χ0n) is 16.9. The number of hydrogen-bond donors (Lipinski definition) is 5. The smallest absolute Gasteiger partial charge is 0.184 e. The predicted octanol–water partition coefficient (Wildman–Crippen LogP) is 1.93. The molecule has 0 bridgehead atoms. The van der Waals surface area contributed by atoms with Crippen LogP contribution >= 0.6 is 0 Å². The average Bonchev–Trinajstić information content (AvgIpc) is 2.60. The van der Waals surface area contributed by atoms with E-state index >= 15 is 0 Å². The van der Waals surface area contributed by atoms with E-state index in [-0.39, 0.29) is 0 Å². The van der Waals surface area contributed by atoms with Gasteiger partial charge in [-0.2, -0.15) is 0 Å². The van der Waals surface area contributed by atoms with Crippen LogP contribution in [-0.4, -0.2) is 63.7 Å². The minimum atomic E-state index is -1.58. The highest BCUT2D eigenvalue weighted by Gasteiger charge is 2.52. The van der Waals surface area contributed by atoms with Gasteiger partial charge in [-0.15, -0.1) is 0 Å². The number of ether oxygens (including phenoxy) is 1. The Kier molecular flexibility index (Phi) is 11.2. The Morgan fingerprint density at radius 3 is 2.08 bits per heavy atom. The van der Waals surface area contributed by atoms with Gasteiger partial charge in [0, 0.05) is 6.42 Å². The molecule has 1 aliphatic rings. The minimum Gasteiger partial charge on any atom is -0.394 e. The number of unbranched alkanes of at least 4 members (excludes halogenated alkanes) is 7. The summed E-state index contributed by atoms with van der Waals surface area (Å²) in [6, 6.07) is -0.771. The maximum atomic E-state index is 11.0. The summed E-state index contributed by atoms with van der Waals surface area (Å²) in [5, 5.41) is 44.2. The van der Waals surface area contributed by atoms with E-state index in [9.17, 15) is 20.4 Å². The SMILES string of the molecule is CCCCCCCCCCC1(O)O[C@H](CO)[C@H](O)[C@H](O)[C@H]1NCC(C)C. The van der Waals surface area contributed by atoms with Crippen molar-refractivity contribution in [3.05, 3.63) is 0 Å². The van der Waals surface area contributed by atoms with Crippen LogP contribution in [0.25, 0.3) is 0 Å². The van der Waals surface area contributed by atoms with Crippen LogP contribution in [0.15, 0.2) is 0 Å². The molecule has 0 aromatic heterocycles. The Morgan fingerprint density at radius 2 is 1.54 bits per heavy atom. The maximum Gasteiger partial charge on any atom is 0.184 e. The zero-order valence-corrected chi connectivity index (χ0v) is 16.9. The van der Waals surface area contributed by atoms with Crippen molar-refractivity contribution in [3.8, 4) is 0 Å². The van der Waals surface area contributed by atoms with Crippen LogP contribution in [-0.2, 0) is 4.74 Å².